The van der Waals surface area contributed by atoms with Crippen molar-refractivity contribution in [1.82, 2.24) is 4.98 Å². The van der Waals surface area contributed by atoms with Gasteiger partial charge in [0.05, 0.1) is 20.9 Å². The van der Waals surface area contributed by atoms with Crippen LogP contribution in [0.1, 0.15) is 0 Å². The highest BCUT2D eigenvalue weighted by Gasteiger charge is 2.12. The zero-order chi connectivity index (χ0) is 11.7. The fraction of sp³-hybridized carbons (Fsp3) is 0.200. The Bertz CT molecular complexity index is 509. The van der Waals surface area contributed by atoms with Crippen LogP contribution in [0.25, 0.3) is 10.9 Å². The van der Waals surface area contributed by atoms with Gasteiger partial charge in [-0.05, 0) is 12.1 Å². The molecule has 6 heteroatoms. The lowest BCUT2D eigenvalue weighted by molar-refractivity contribution is 0.338. The molecule has 0 saturated heterocycles. The third kappa shape index (κ3) is 2.35. The van der Waals surface area contributed by atoms with Gasteiger partial charge in [-0.3, -0.25) is 0 Å². The number of nitrogens with one attached hydrogen (secondary N) is 1. The summed E-state index contributed by atoms with van der Waals surface area (Å²) < 4.78 is 5.45. The first-order chi connectivity index (χ1) is 7.59. The zero-order valence-corrected chi connectivity index (χ0v) is 11.0. The lowest BCUT2D eigenvalue weighted by Gasteiger charge is -2.08. The number of hydrogen-bond donors (Lipinski definition) is 1. The highest BCUT2D eigenvalue weighted by atomic mass is 35.5. The summed E-state index contributed by atoms with van der Waals surface area (Å²) in [5.74, 6) is 0.608. The van der Waals surface area contributed by atoms with Crippen molar-refractivity contribution in [2.75, 3.05) is 6.61 Å². The average Bonchev–Trinajstić information content (AvgIpc) is 2.61. The predicted octanol–water partition coefficient (Wildman–Crippen LogP) is 4.66. The number of benzene rings is 1. The van der Waals surface area contributed by atoms with Gasteiger partial charge in [0.2, 0.25) is 0 Å². The van der Waals surface area contributed by atoms with Crippen molar-refractivity contribution in [2.45, 2.75) is 4.84 Å². The summed E-state index contributed by atoms with van der Waals surface area (Å²) in [6.45, 7) is 0.196. The molecule has 0 bridgehead atoms. The van der Waals surface area contributed by atoms with E-state index in [-0.39, 0.29) is 6.61 Å². The van der Waals surface area contributed by atoms with Crippen LogP contribution < -0.4 is 4.74 Å². The van der Waals surface area contributed by atoms with Gasteiger partial charge in [0.15, 0.2) is 0 Å². The summed E-state index contributed by atoms with van der Waals surface area (Å²) in [4.78, 5) is 2.39. The Morgan fingerprint density at radius 3 is 2.62 bits per heavy atom. The first-order valence-electron chi connectivity index (χ1n) is 4.45. The van der Waals surface area contributed by atoms with Crippen molar-refractivity contribution in [3.05, 3.63) is 28.4 Å². The van der Waals surface area contributed by atoms with Crippen molar-refractivity contribution in [3.8, 4) is 5.75 Å². The minimum Gasteiger partial charge on any atom is -0.490 e. The maximum Gasteiger partial charge on any atom is 0.141 e. The molecule has 16 heavy (non-hydrogen) atoms. The zero-order valence-electron chi connectivity index (χ0n) is 7.94. The Labute approximate surface area is 112 Å². The maximum atomic E-state index is 6.03. The molecule has 0 atom stereocenters. The Morgan fingerprint density at radius 1 is 1.19 bits per heavy atom. The average molecular weight is 299 g/mol. The normalized spacial score (nSPS) is 11.3. The van der Waals surface area contributed by atoms with E-state index in [1.54, 1.807) is 18.3 Å². The highest BCUT2D eigenvalue weighted by molar-refractivity contribution is 6.44. The van der Waals surface area contributed by atoms with Gasteiger partial charge in [0.25, 0.3) is 0 Å². The van der Waals surface area contributed by atoms with E-state index in [4.69, 9.17) is 51.1 Å². The Kier molecular flexibility index (Phi) is 3.75. The van der Waals surface area contributed by atoms with Gasteiger partial charge >= 0.3 is 0 Å². The lowest BCUT2D eigenvalue weighted by atomic mass is 10.2. The molecular weight excluding hydrogens is 292 g/mol. The fourth-order valence-electron chi connectivity index (χ4n) is 1.42. The molecule has 0 unspecified atom stereocenters. The third-order valence-corrected chi connectivity index (χ3v) is 2.93. The van der Waals surface area contributed by atoms with E-state index in [1.165, 1.54) is 0 Å². The molecule has 0 spiro atoms. The van der Waals surface area contributed by atoms with Crippen LogP contribution in [-0.2, 0) is 0 Å². The van der Waals surface area contributed by atoms with Gasteiger partial charge in [0, 0.05) is 6.20 Å². The van der Waals surface area contributed by atoms with Crippen LogP contribution in [0.2, 0.25) is 10.0 Å². The Morgan fingerprint density at radius 2 is 1.94 bits per heavy atom. The smallest absolute Gasteiger partial charge is 0.141 e. The molecule has 2 rings (SSSR count). The van der Waals surface area contributed by atoms with Crippen LogP contribution in [-0.4, -0.2) is 16.4 Å². The number of aromatic amines is 1. The molecule has 0 aliphatic carbocycles. The van der Waals surface area contributed by atoms with Crippen LogP contribution in [0.4, 0.5) is 0 Å². The summed E-state index contributed by atoms with van der Waals surface area (Å²) in [7, 11) is 0. The van der Waals surface area contributed by atoms with E-state index in [0.717, 1.165) is 10.9 Å². The van der Waals surface area contributed by atoms with Gasteiger partial charge in [-0.2, -0.15) is 0 Å². The molecule has 1 N–H and O–H groups in total. The van der Waals surface area contributed by atoms with Crippen molar-refractivity contribution in [2.24, 2.45) is 0 Å². The molecule has 1 heterocycles. The van der Waals surface area contributed by atoms with Crippen molar-refractivity contribution in [3.63, 3.8) is 0 Å². The minimum absolute atomic E-state index is 0.196. The standard InChI is InChI=1S/C10H7Cl4NO/c11-5-1-2-7(16-4-8(13)14)9-6(12)3-15-10(5)9/h1-3,8,15H,4H2. The predicted molar refractivity (Wildman–Crippen MR) is 69.3 cm³/mol. The summed E-state index contributed by atoms with van der Waals surface area (Å²) in [5, 5.41) is 1.87. The first kappa shape index (κ1) is 12.2. The van der Waals surface area contributed by atoms with Crippen molar-refractivity contribution < 1.29 is 4.74 Å². The molecular formula is C10H7Cl4NO. The van der Waals surface area contributed by atoms with E-state index >= 15 is 0 Å². The van der Waals surface area contributed by atoms with Crippen LogP contribution in [0.5, 0.6) is 5.75 Å². The minimum atomic E-state index is -0.580. The van der Waals surface area contributed by atoms with Gasteiger partial charge in [-0.1, -0.05) is 23.2 Å². The van der Waals surface area contributed by atoms with Crippen molar-refractivity contribution in [1.29, 1.82) is 0 Å². The molecule has 0 fully saturated rings. The molecule has 0 aliphatic heterocycles. The molecule has 0 saturated carbocycles. The summed E-state index contributed by atoms with van der Waals surface area (Å²) in [5.41, 5.74) is 0.741. The first-order valence-corrected chi connectivity index (χ1v) is 6.08. The fourth-order valence-corrected chi connectivity index (χ4v) is 2.00. The lowest BCUT2D eigenvalue weighted by Crippen LogP contribution is -2.05. The van der Waals surface area contributed by atoms with E-state index in [2.05, 4.69) is 4.98 Å². The molecule has 1 aromatic heterocycles. The van der Waals surface area contributed by atoms with E-state index in [9.17, 15) is 0 Å². The van der Waals surface area contributed by atoms with Crippen LogP contribution >= 0.6 is 46.4 Å². The number of fused-ring (bicyclic) bond motifs is 1. The number of rotatable bonds is 3. The highest BCUT2D eigenvalue weighted by Crippen LogP contribution is 2.36. The Balaban J connectivity index is 2.45. The van der Waals surface area contributed by atoms with Crippen LogP contribution in [0, 0.1) is 0 Å². The van der Waals surface area contributed by atoms with Crippen LogP contribution in [0.3, 0.4) is 0 Å². The SMILES string of the molecule is Clc1ccc(OCC(Cl)Cl)c2c(Cl)c[nH]c12. The van der Waals surface area contributed by atoms with Crippen molar-refractivity contribution >= 4 is 57.3 Å². The Hall–Kier alpha value is -0.280. The number of alkyl halides is 2. The number of aromatic nitrogens is 1. The topological polar surface area (TPSA) is 25.0 Å². The van der Waals surface area contributed by atoms with E-state index in [0.29, 0.717) is 15.8 Å². The molecule has 0 aliphatic rings. The second kappa shape index (κ2) is 4.92. The quantitative estimate of drug-likeness (QED) is 0.819. The monoisotopic (exact) mass is 297 g/mol. The number of H-pyrrole nitrogens is 1. The molecule has 2 aromatic rings. The maximum absolute atomic E-state index is 6.03. The summed E-state index contributed by atoms with van der Waals surface area (Å²) in [6, 6.07) is 3.46. The number of halogens is 4. The molecule has 1 aromatic carbocycles. The van der Waals surface area contributed by atoms with E-state index in [1.807, 2.05) is 0 Å². The second-order valence-electron chi connectivity index (χ2n) is 3.13. The summed E-state index contributed by atoms with van der Waals surface area (Å²) >= 11 is 23.2. The van der Waals surface area contributed by atoms with Gasteiger partial charge in [-0.15, -0.1) is 23.2 Å². The van der Waals surface area contributed by atoms with Crippen LogP contribution in [0.15, 0.2) is 18.3 Å². The van der Waals surface area contributed by atoms with E-state index < -0.39 is 4.84 Å². The van der Waals surface area contributed by atoms with Gasteiger partial charge in [-0.25, -0.2) is 0 Å². The molecule has 0 radical (unpaired) electrons. The molecule has 86 valence electrons. The summed E-state index contributed by atoms with van der Waals surface area (Å²) in [6.07, 6.45) is 1.66. The van der Waals surface area contributed by atoms with Gasteiger partial charge in [0.1, 0.15) is 17.2 Å². The number of hydrogen-bond acceptors (Lipinski definition) is 1. The van der Waals surface area contributed by atoms with Gasteiger partial charge < -0.3 is 9.72 Å². The third-order valence-electron chi connectivity index (χ3n) is 2.06. The second-order valence-corrected chi connectivity index (χ2v) is 5.23. The largest absolute Gasteiger partial charge is 0.490 e. The number of ether oxygens (including phenoxy) is 1. The molecule has 2 nitrogen and oxygen atoms in total. The molecule has 0 amide bonds.